The standard InChI is InChI=1S/C18H26N2O/c1-17(2)15(18(17,3)4)16(21)20-14-7-5-6-11-10-12(19)8-9-13(11)14/h8-10,14-15H,5-7,19H2,1-4H3,(H,20,21). The van der Waals surface area contributed by atoms with Crippen molar-refractivity contribution in [3.63, 3.8) is 0 Å². The van der Waals surface area contributed by atoms with Gasteiger partial charge in [0.1, 0.15) is 0 Å². The summed E-state index contributed by atoms with van der Waals surface area (Å²) in [5.74, 6) is 0.323. The molecule has 1 atom stereocenters. The first-order chi connectivity index (χ1) is 9.75. The highest BCUT2D eigenvalue weighted by Gasteiger charge is 2.68. The molecular formula is C18H26N2O. The highest BCUT2D eigenvalue weighted by molar-refractivity contribution is 5.84. The number of hydrogen-bond acceptors (Lipinski definition) is 2. The molecule has 3 N–H and O–H groups in total. The Hall–Kier alpha value is -1.51. The molecule has 1 unspecified atom stereocenters. The maximum absolute atomic E-state index is 12.6. The summed E-state index contributed by atoms with van der Waals surface area (Å²) in [6, 6.07) is 6.22. The van der Waals surface area contributed by atoms with E-state index < -0.39 is 0 Å². The zero-order valence-electron chi connectivity index (χ0n) is 13.5. The van der Waals surface area contributed by atoms with Gasteiger partial charge in [0.15, 0.2) is 0 Å². The summed E-state index contributed by atoms with van der Waals surface area (Å²) in [4.78, 5) is 12.6. The van der Waals surface area contributed by atoms with Crippen molar-refractivity contribution in [2.45, 2.75) is 53.0 Å². The minimum absolute atomic E-state index is 0.0930. The van der Waals surface area contributed by atoms with Crippen molar-refractivity contribution in [3.05, 3.63) is 29.3 Å². The first-order valence-corrected chi connectivity index (χ1v) is 7.94. The van der Waals surface area contributed by atoms with Gasteiger partial charge in [-0.3, -0.25) is 4.79 Å². The number of aryl methyl sites for hydroxylation is 1. The van der Waals surface area contributed by atoms with Crippen LogP contribution in [-0.2, 0) is 11.2 Å². The summed E-state index contributed by atoms with van der Waals surface area (Å²) in [6.45, 7) is 8.75. The van der Waals surface area contributed by atoms with Gasteiger partial charge in [0, 0.05) is 11.6 Å². The summed E-state index contributed by atoms with van der Waals surface area (Å²) in [5.41, 5.74) is 9.41. The number of carbonyl (C=O) groups is 1. The van der Waals surface area contributed by atoms with Crippen molar-refractivity contribution in [2.75, 3.05) is 5.73 Å². The second-order valence-electron chi connectivity index (χ2n) is 7.79. The molecule has 0 saturated heterocycles. The summed E-state index contributed by atoms with van der Waals surface area (Å²) in [6.07, 6.45) is 3.20. The molecule has 21 heavy (non-hydrogen) atoms. The molecular weight excluding hydrogens is 260 g/mol. The van der Waals surface area contributed by atoms with E-state index in [1.54, 1.807) is 0 Å². The number of nitrogens with one attached hydrogen (secondary N) is 1. The Kier molecular flexibility index (Phi) is 3.09. The van der Waals surface area contributed by atoms with E-state index in [1.807, 2.05) is 6.07 Å². The molecule has 0 aliphatic heterocycles. The number of nitrogen functional groups attached to an aromatic ring is 1. The normalized spacial score (nSPS) is 26.0. The van der Waals surface area contributed by atoms with Crippen molar-refractivity contribution < 1.29 is 4.79 Å². The summed E-state index contributed by atoms with van der Waals surface area (Å²) < 4.78 is 0. The van der Waals surface area contributed by atoms with Crippen LogP contribution in [0.5, 0.6) is 0 Å². The Balaban J connectivity index is 1.78. The lowest BCUT2D eigenvalue weighted by atomic mass is 9.87. The number of hydrogen-bond donors (Lipinski definition) is 2. The van der Waals surface area contributed by atoms with E-state index in [2.05, 4.69) is 45.1 Å². The topological polar surface area (TPSA) is 55.1 Å². The molecule has 1 saturated carbocycles. The summed E-state index contributed by atoms with van der Waals surface area (Å²) in [7, 11) is 0. The van der Waals surface area contributed by atoms with E-state index in [9.17, 15) is 4.79 Å². The highest BCUT2D eigenvalue weighted by atomic mass is 16.2. The fourth-order valence-corrected chi connectivity index (χ4v) is 4.09. The van der Waals surface area contributed by atoms with Gasteiger partial charge in [-0.05, 0) is 53.4 Å². The number of nitrogens with two attached hydrogens (primary N) is 1. The van der Waals surface area contributed by atoms with Gasteiger partial charge in [0.25, 0.3) is 0 Å². The predicted molar refractivity (Wildman–Crippen MR) is 85.7 cm³/mol. The average molecular weight is 286 g/mol. The molecule has 1 aromatic carbocycles. The molecule has 1 fully saturated rings. The van der Waals surface area contributed by atoms with Crippen LogP contribution in [-0.4, -0.2) is 5.91 Å². The van der Waals surface area contributed by atoms with E-state index in [-0.39, 0.29) is 28.7 Å². The second kappa shape index (κ2) is 4.49. The Labute approximate surface area is 127 Å². The van der Waals surface area contributed by atoms with E-state index in [0.29, 0.717) is 0 Å². The SMILES string of the molecule is CC1(C)C(C(=O)NC2CCCc3cc(N)ccc32)C1(C)C. The number of rotatable bonds is 2. The van der Waals surface area contributed by atoms with Crippen LogP contribution in [0.4, 0.5) is 5.69 Å². The maximum Gasteiger partial charge on any atom is 0.224 e. The first kappa shape index (κ1) is 14.4. The van der Waals surface area contributed by atoms with E-state index in [0.717, 1.165) is 24.9 Å². The van der Waals surface area contributed by atoms with Crippen molar-refractivity contribution in [3.8, 4) is 0 Å². The third-order valence-corrected chi connectivity index (χ3v) is 6.08. The van der Waals surface area contributed by atoms with Gasteiger partial charge in [0.05, 0.1) is 6.04 Å². The average Bonchev–Trinajstić information content (AvgIpc) is 2.79. The molecule has 1 amide bonds. The number of amides is 1. The van der Waals surface area contributed by atoms with Crippen LogP contribution in [0.3, 0.4) is 0 Å². The zero-order chi connectivity index (χ0) is 15.4. The fourth-order valence-electron chi connectivity index (χ4n) is 4.09. The van der Waals surface area contributed by atoms with Crippen LogP contribution in [0.25, 0.3) is 0 Å². The lowest BCUT2D eigenvalue weighted by Gasteiger charge is -2.27. The number of anilines is 1. The van der Waals surface area contributed by atoms with Gasteiger partial charge in [-0.2, -0.15) is 0 Å². The van der Waals surface area contributed by atoms with E-state index >= 15 is 0 Å². The summed E-state index contributed by atoms with van der Waals surface area (Å²) in [5, 5.41) is 3.29. The molecule has 3 heteroatoms. The van der Waals surface area contributed by atoms with Gasteiger partial charge in [-0.15, -0.1) is 0 Å². The lowest BCUT2D eigenvalue weighted by molar-refractivity contribution is -0.124. The van der Waals surface area contributed by atoms with Crippen molar-refractivity contribution >= 4 is 11.6 Å². The quantitative estimate of drug-likeness (QED) is 0.818. The zero-order valence-corrected chi connectivity index (χ0v) is 13.5. The van der Waals surface area contributed by atoms with Crippen LogP contribution in [0.1, 0.15) is 57.7 Å². The fraction of sp³-hybridized carbons (Fsp3) is 0.611. The molecule has 2 aliphatic rings. The molecule has 114 valence electrons. The largest absolute Gasteiger partial charge is 0.399 e. The lowest BCUT2D eigenvalue weighted by Crippen LogP contribution is -2.33. The minimum atomic E-state index is 0.0930. The van der Waals surface area contributed by atoms with E-state index in [1.165, 1.54) is 11.1 Å². The summed E-state index contributed by atoms with van der Waals surface area (Å²) >= 11 is 0. The molecule has 1 aromatic rings. The predicted octanol–water partition coefficient (Wildman–Crippen LogP) is 3.44. The van der Waals surface area contributed by atoms with Gasteiger partial charge in [0.2, 0.25) is 5.91 Å². The maximum atomic E-state index is 12.6. The molecule has 3 rings (SSSR count). The minimum Gasteiger partial charge on any atom is -0.399 e. The third kappa shape index (κ3) is 2.14. The van der Waals surface area contributed by atoms with E-state index in [4.69, 9.17) is 5.73 Å². The smallest absolute Gasteiger partial charge is 0.224 e. The Morgan fingerprint density at radius 2 is 1.90 bits per heavy atom. The first-order valence-electron chi connectivity index (χ1n) is 7.94. The van der Waals surface area contributed by atoms with Crippen LogP contribution in [0.2, 0.25) is 0 Å². The Bertz CT molecular complexity index is 575. The molecule has 0 spiro atoms. The van der Waals surface area contributed by atoms with Crippen LogP contribution in [0, 0.1) is 16.7 Å². The number of benzene rings is 1. The highest BCUT2D eigenvalue weighted by Crippen LogP contribution is 2.68. The molecule has 3 nitrogen and oxygen atoms in total. The Morgan fingerprint density at radius 3 is 2.52 bits per heavy atom. The monoisotopic (exact) mass is 286 g/mol. The van der Waals surface area contributed by atoms with Gasteiger partial charge in [-0.1, -0.05) is 33.8 Å². The second-order valence-corrected chi connectivity index (χ2v) is 7.79. The molecule has 2 aliphatic carbocycles. The van der Waals surface area contributed by atoms with Crippen molar-refractivity contribution in [1.82, 2.24) is 5.32 Å². The molecule has 0 aromatic heterocycles. The number of fused-ring (bicyclic) bond motifs is 1. The van der Waals surface area contributed by atoms with Crippen LogP contribution in [0.15, 0.2) is 18.2 Å². The Morgan fingerprint density at radius 1 is 1.24 bits per heavy atom. The van der Waals surface area contributed by atoms with Gasteiger partial charge >= 0.3 is 0 Å². The van der Waals surface area contributed by atoms with Crippen molar-refractivity contribution in [1.29, 1.82) is 0 Å². The van der Waals surface area contributed by atoms with Crippen molar-refractivity contribution in [2.24, 2.45) is 16.7 Å². The molecule has 0 radical (unpaired) electrons. The van der Waals surface area contributed by atoms with Gasteiger partial charge in [-0.25, -0.2) is 0 Å². The van der Waals surface area contributed by atoms with Gasteiger partial charge < -0.3 is 11.1 Å². The third-order valence-electron chi connectivity index (χ3n) is 6.08. The number of carbonyl (C=O) groups excluding carboxylic acids is 1. The van der Waals surface area contributed by atoms with Crippen LogP contribution < -0.4 is 11.1 Å². The molecule has 0 heterocycles. The van der Waals surface area contributed by atoms with Crippen LogP contribution >= 0.6 is 0 Å². The molecule has 0 bridgehead atoms.